The molecule has 0 nitrogen and oxygen atoms in total. The van der Waals surface area contributed by atoms with E-state index < -0.39 is 0 Å². The molecule has 2 aromatic rings. The Morgan fingerprint density at radius 2 is 1.47 bits per heavy atom. The number of hydrogen-bond donors (Lipinski definition) is 0. The van der Waals surface area contributed by atoms with Crippen molar-refractivity contribution in [2.75, 3.05) is 0 Å². The molecule has 0 aliphatic rings. The number of hydrogen-bond acceptors (Lipinski definition) is 0. The van der Waals surface area contributed by atoms with Crippen LogP contribution in [0.15, 0.2) is 42.5 Å². The first-order valence-electron chi connectivity index (χ1n) is 5.98. The summed E-state index contributed by atoms with van der Waals surface area (Å²) in [6.07, 6.45) is 0. The summed E-state index contributed by atoms with van der Waals surface area (Å²) in [6.45, 7) is 6.60. The van der Waals surface area contributed by atoms with E-state index in [0.29, 0.717) is 5.66 Å². The number of aryl methyl sites for hydroxylation is 1. The fraction of sp³-hybridized carbons (Fsp3) is 0.250. The molecule has 17 heavy (non-hydrogen) atoms. The van der Waals surface area contributed by atoms with Gasteiger partial charge < -0.3 is 0 Å². The molecule has 0 amide bonds. The van der Waals surface area contributed by atoms with Gasteiger partial charge in [-0.3, -0.25) is 0 Å². The summed E-state index contributed by atoms with van der Waals surface area (Å²) in [5, 5.41) is 0. The first-order chi connectivity index (χ1) is 8.11. The molecule has 0 spiro atoms. The van der Waals surface area contributed by atoms with Crippen LogP contribution >= 0.6 is 9.24 Å². The molecule has 0 N–H and O–H groups in total. The number of benzene rings is 2. The Balaban J connectivity index is 2.45. The van der Waals surface area contributed by atoms with Gasteiger partial charge in [0.15, 0.2) is 0 Å². The Kier molecular flexibility index (Phi) is 3.64. The Hall–Kier alpha value is -1.13. The molecule has 0 saturated heterocycles. The Morgan fingerprint density at radius 3 is 2.12 bits per heavy atom. The standard InChI is InChI=1S/C16H19P/c1-11-9-10-15(13(3)12(11)2)16(17)14-7-5-4-6-8-14/h4-10,16H,17H2,1-3H3. The minimum atomic E-state index is 0.385. The van der Waals surface area contributed by atoms with Crippen LogP contribution in [-0.4, -0.2) is 0 Å². The molecule has 2 aromatic carbocycles. The van der Waals surface area contributed by atoms with Crippen molar-refractivity contribution >= 4 is 9.24 Å². The Morgan fingerprint density at radius 1 is 0.824 bits per heavy atom. The topological polar surface area (TPSA) is 0 Å². The summed E-state index contributed by atoms with van der Waals surface area (Å²) >= 11 is 0. The van der Waals surface area contributed by atoms with Crippen LogP contribution in [0.2, 0.25) is 0 Å². The first kappa shape index (κ1) is 12.3. The third-order valence-electron chi connectivity index (χ3n) is 3.59. The van der Waals surface area contributed by atoms with Gasteiger partial charge in [-0.25, -0.2) is 0 Å². The fourth-order valence-corrected chi connectivity index (χ4v) is 2.74. The van der Waals surface area contributed by atoms with Gasteiger partial charge >= 0.3 is 0 Å². The highest BCUT2D eigenvalue weighted by Gasteiger charge is 2.12. The Labute approximate surface area is 106 Å². The second kappa shape index (κ2) is 5.02. The SMILES string of the molecule is Cc1ccc(C(P)c2ccccc2)c(C)c1C. The van der Waals surface area contributed by atoms with Crippen molar-refractivity contribution < 1.29 is 0 Å². The highest BCUT2D eigenvalue weighted by atomic mass is 31.0. The molecule has 0 aliphatic carbocycles. The molecule has 2 rings (SSSR count). The van der Waals surface area contributed by atoms with Crippen molar-refractivity contribution in [1.82, 2.24) is 0 Å². The van der Waals surface area contributed by atoms with E-state index in [2.05, 4.69) is 72.5 Å². The molecular weight excluding hydrogens is 223 g/mol. The second-order valence-electron chi connectivity index (χ2n) is 4.61. The summed E-state index contributed by atoms with van der Waals surface area (Å²) in [7, 11) is 2.96. The molecule has 0 aromatic heterocycles. The molecule has 0 bridgehead atoms. The van der Waals surface area contributed by atoms with Gasteiger partial charge in [-0.15, -0.1) is 9.24 Å². The van der Waals surface area contributed by atoms with E-state index in [9.17, 15) is 0 Å². The molecule has 0 heterocycles. The lowest BCUT2D eigenvalue weighted by molar-refractivity contribution is 1.10. The van der Waals surface area contributed by atoms with Crippen molar-refractivity contribution in [3.05, 3.63) is 70.3 Å². The molecule has 88 valence electrons. The monoisotopic (exact) mass is 242 g/mol. The van der Waals surface area contributed by atoms with Gasteiger partial charge in [0, 0.05) is 5.66 Å². The third-order valence-corrected chi connectivity index (χ3v) is 4.34. The Bertz CT molecular complexity index is 515. The van der Waals surface area contributed by atoms with Crippen molar-refractivity contribution in [1.29, 1.82) is 0 Å². The van der Waals surface area contributed by atoms with E-state index in [1.807, 2.05) is 0 Å². The zero-order valence-electron chi connectivity index (χ0n) is 10.7. The maximum atomic E-state index is 2.96. The normalized spacial score (nSPS) is 12.5. The van der Waals surface area contributed by atoms with Crippen LogP contribution in [0.1, 0.15) is 33.5 Å². The second-order valence-corrected chi connectivity index (χ2v) is 5.28. The summed E-state index contributed by atoms with van der Waals surface area (Å²) < 4.78 is 0. The van der Waals surface area contributed by atoms with Crippen molar-refractivity contribution in [2.45, 2.75) is 26.4 Å². The van der Waals surface area contributed by atoms with Crippen LogP contribution in [0, 0.1) is 20.8 Å². The molecular formula is C16H19P. The summed E-state index contributed by atoms with van der Waals surface area (Å²) in [5.41, 5.74) is 7.33. The van der Waals surface area contributed by atoms with Crippen LogP contribution in [0.3, 0.4) is 0 Å². The lowest BCUT2D eigenvalue weighted by Crippen LogP contribution is -1.98. The van der Waals surface area contributed by atoms with Crippen molar-refractivity contribution in [3.63, 3.8) is 0 Å². The van der Waals surface area contributed by atoms with E-state index in [4.69, 9.17) is 0 Å². The summed E-state index contributed by atoms with van der Waals surface area (Å²) in [4.78, 5) is 0. The van der Waals surface area contributed by atoms with Gasteiger partial charge in [0.25, 0.3) is 0 Å². The maximum Gasteiger partial charge on any atom is 0.0236 e. The minimum absolute atomic E-state index is 0.385. The first-order valence-corrected chi connectivity index (χ1v) is 6.65. The molecule has 2 atom stereocenters. The zero-order chi connectivity index (χ0) is 12.4. The van der Waals surface area contributed by atoms with Gasteiger partial charge in [-0.1, -0.05) is 42.5 Å². The summed E-state index contributed by atoms with van der Waals surface area (Å²) in [6, 6.07) is 15.1. The predicted molar refractivity (Wildman–Crippen MR) is 78.6 cm³/mol. The maximum absolute atomic E-state index is 2.96. The lowest BCUT2D eigenvalue weighted by atomic mass is 9.94. The van der Waals surface area contributed by atoms with E-state index in [1.165, 1.54) is 27.8 Å². The predicted octanol–water partition coefficient (Wildman–Crippen LogP) is 4.58. The van der Waals surface area contributed by atoms with Crippen LogP contribution in [-0.2, 0) is 0 Å². The molecule has 0 saturated carbocycles. The molecule has 1 heteroatoms. The van der Waals surface area contributed by atoms with Gasteiger partial charge in [0.2, 0.25) is 0 Å². The quantitative estimate of drug-likeness (QED) is 0.676. The minimum Gasteiger partial charge on any atom is -0.125 e. The number of rotatable bonds is 2. The van der Waals surface area contributed by atoms with E-state index in [0.717, 1.165) is 0 Å². The highest BCUT2D eigenvalue weighted by Crippen LogP contribution is 2.34. The molecule has 0 aliphatic heterocycles. The molecule has 2 unspecified atom stereocenters. The lowest BCUT2D eigenvalue weighted by Gasteiger charge is -2.17. The zero-order valence-corrected chi connectivity index (χ0v) is 11.9. The van der Waals surface area contributed by atoms with Gasteiger partial charge in [-0.2, -0.15) is 0 Å². The van der Waals surface area contributed by atoms with E-state index >= 15 is 0 Å². The van der Waals surface area contributed by atoms with Crippen LogP contribution in [0.25, 0.3) is 0 Å². The van der Waals surface area contributed by atoms with Crippen molar-refractivity contribution in [3.8, 4) is 0 Å². The highest BCUT2D eigenvalue weighted by molar-refractivity contribution is 7.17. The smallest absolute Gasteiger partial charge is 0.0236 e. The van der Waals surface area contributed by atoms with Crippen molar-refractivity contribution in [2.24, 2.45) is 0 Å². The van der Waals surface area contributed by atoms with Crippen LogP contribution < -0.4 is 0 Å². The van der Waals surface area contributed by atoms with E-state index in [-0.39, 0.29) is 0 Å². The molecule has 0 radical (unpaired) electrons. The van der Waals surface area contributed by atoms with Gasteiger partial charge in [0.1, 0.15) is 0 Å². The van der Waals surface area contributed by atoms with E-state index in [1.54, 1.807) is 0 Å². The van der Waals surface area contributed by atoms with Gasteiger partial charge in [0.05, 0.1) is 0 Å². The van der Waals surface area contributed by atoms with Gasteiger partial charge in [-0.05, 0) is 48.6 Å². The van der Waals surface area contributed by atoms with Crippen LogP contribution in [0.5, 0.6) is 0 Å². The summed E-state index contributed by atoms with van der Waals surface area (Å²) in [5.74, 6) is 0. The van der Waals surface area contributed by atoms with Crippen LogP contribution in [0.4, 0.5) is 0 Å². The average Bonchev–Trinajstić information content (AvgIpc) is 2.36. The molecule has 0 fully saturated rings. The fourth-order valence-electron chi connectivity index (χ4n) is 2.15. The average molecular weight is 242 g/mol. The third kappa shape index (κ3) is 2.42. The largest absolute Gasteiger partial charge is 0.125 e.